The predicted octanol–water partition coefficient (Wildman–Crippen LogP) is 2.19. The summed E-state index contributed by atoms with van der Waals surface area (Å²) >= 11 is 0. The van der Waals surface area contributed by atoms with Gasteiger partial charge in [0.15, 0.2) is 0 Å². The summed E-state index contributed by atoms with van der Waals surface area (Å²) in [5.74, 6) is 0. The molecule has 2 atom stereocenters. The lowest BCUT2D eigenvalue weighted by molar-refractivity contribution is -0.0940. The average molecular weight is 289 g/mol. The maximum Gasteiger partial charge on any atom is 0.0964 e. The van der Waals surface area contributed by atoms with Crippen molar-refractivity contribution >= 4 is 0 Å². The van der Waals surface area contributed by atoms with E-state index in [0.717, 1.165) is 19.7 Å². The molecule has 0 aromatic heterocycles. The third-order valence-corrected chi connectivity index (χ3v) is 4.89. The van der Waals surface area contributed by atoms with Crippen LogP contribution < -0.4 is 0 Å². The Morgan fingerprint density at radius 1 is 1.29 bits per heavy atom. The van der Waals surface area contributed by atoms with Gasteiger partial charge in [-0.2, -0.15) is 0 Å². The summed E-state index contributed by atoms with van der Waals surface area (Å²) in [4.78, 5) is 2.39. The van der Waals surface area contributed by atoms with Crippen LogP contribution >= 0.6 is 0 Å². The standard InChI is InChI=1S/C18H27NO2/c1-13(2)19-8-9-21-18(12-19)17(20)11-14-6-7-15-4-3-5-16(15)10-14/h6-7,10,13,17-18,20H,3-5,8-9,11-12H2,1-2H3. The van der Waals surface area contributed by atoms with E-state index in [9.17, 15) is 5.11 Å². The van der Waals surface area contributed by atoms with Crippen molar-refractivity contribution in [1.29, 1.82) is 0 Å². The molecule has 3 nitrogen and oxygen atoms in total. The van der Waals surface area contributed by atoms with Gasteiger partial charge >= 0.3 is 0 Å². The van der Waals surface area contributed by atoms with Gasteiger partial charge in [-0.15, -0.1) is 0 Å². The van der Waals surface area contributed by atoms with E-state index < -0.39 is 6.10 Å². The van der Waals surface area contributed by atoms with Crippen LogP contribution in [-0.2, 0) is 24.0 Å². The van der Waals surface area contributed by atoms with Crippen LogP contribution in [0.25, 0.3) is 0 Å². The molecule has 1 aromatic rings. The minimum atomic E-state index is -0.411. The summed E-state index contributed by atoms with van der Waals surface area (Å²) in [6.45, 7) is 6.94. The van der Waals surface area contributed by atoms with E-state index >= 15 is 0 Å². The van der Waals surface area contributed by atoms with E-state index in [4.69, 9.17) is 4.74 Å². The van der Waals surface area contributed by atoms with Crippen LogP contribution in [0, 0.1) is 0 Å². The van der Waals surface area contributed by atoms with Crippen molar-refractivity contribution in [2.24, 2.45) is 0 Å². The number of nitrogens with zero attached hydrogens (tertiary/aromatic N) is 1. The quantitative estimate of drug-likeness (QED) is 0.922. The first-order chi connectivity index (χ1) is 10.1. The normalized spacial score (nSPS) is 24.3. The molecule has 2 unspecified atom stereocenters. The van der Waals surface area contributed by atoms with Crippen LogP contribution in [0.3, 0.4) is 0 Å². The van der Waals surface area contributed by atoms with E-state index in [-0.39, 0.29) is 6.10 Å². The predicted molar refractivity (Wildman–Crippen MR) is 84.6 cm³/mol. The molecule has 0 spiro atoms. The maximum atomic E-state index is 10.5. The molecule has 2 aliphatic rings. The number of hydrogen-bond donors (Lipinski definition) is 1. The highest BCUT2D eigenvalue weighted by molar-refractivity contribution is 5.35. The number of benzene rings is 1. The number of rotatable bonds is 4. The molecule has 116 valence electrons. The monoisotopic (exact) mass is 289 g/mol. The number of aryl methyl sites for hydroxylation is 2. The molecule has 0 amide bonds. The lowest BCUT2D eigenvalue weighted by atomic mass is 9.99. The van der Waals surface area contributed by atoms with Crippen LogP contribution in [0.1, 0.15) is 37.0 Å². The Labute approximate surface area is 127 Å². The number of aliphatic hydroxyl groups excluding tert-OH is 1. The van der Waals surface area contributed by atoms with Crippen LogP contribution in [0.2, 0.25) is 0 Å². The third kappa shape index (κ3) is 3.47. The Hall–Kier alpha value is -0.900. The zero-order valence-electron chi connectivity index (χ0n) is 13.2. The molecule has 3 rings (SSSR count). The Bertz CT molecular complexity index is 486. The largest absolute Gasteiger partial charge is 0.390 e. The lowest BCUT2D eigenvalue weighted by Crippen LogP contribution is -2.50. The molecule has 3 heteroatoms. The number of aliphatic hydroxyl groups is 1. The van der Waals surface area contributed by atoms with Crippen LogP contribution in [0.15, 0.2) is 18.2 Å². The summed E-state index contributed by atoms with van der Waals surface area (Å²) in [6.07, 6.45) is 3.91. The maximum absolute atomic E-state index is 10.5. The molecule has 0 radical (unpaired) electrons. The topological polar surface area (TPSA) is 32.7 Å². The fourth-order valence-corrected chi connectivity index (χ4v) is 3.52. The number of ether oxygens (including phenoxy) is 1. The van der Waals surface area contributed by atoms with Crippen molar-refractivity contribution in [3.63, 3.8) is 0 Å². The molecule has 0 saturated carbocycles. The van der Waals surface area contributed by atoms with Gasteiger partial charge < -0.3 is 9.84 Å². The number of hydrogen-bond acceptors (Lipinski definition) is 3. The average Bonchev–Trinajstić information content (AvgIpc) is 2.95. The lowest BCUT2D eigenvalue weighted by Gasteiger charge is -2.37. The van der Waals surface area contributed by atoms with Gasteiger partial charge in [-0.05, 0) is 49.8 Å². The summed E-state index contributed by atoms with van der Waals surface area (Å²) in [5, 5.41) is 10.5. The molecule has 1 N–H and O–H groups in total. The van der Waals surface area contributed by atoms with Crippen LogP contribution in [-0.4, -0.2) is 48.0 Å². The summed E-state index contributed by atoms with van der Waals surface area (Å²) < 4.78 is 5.79. The highest BCUT2D eigenvalue weighted by Gasteiger charge is 2.28. The first-order valence-corrected chi connectivity index (χ1v) is 8.28. The molecular formula is C18H27NO2. The van der Waals surface area contributed by atoms with Crippen molar-refractivity contribution in [2.45, 2.75) is 57.8 Å². The minimum Gasteiger partial charge on any atom is -0.390 e. The Balaban J connectivity index is 1.61. The first kappa shape index (κ1) is 15.0. The second kappa shape index (κ2) is 6.47. The number of fused-ring (bicyclic) bond motifs is 1. The van der Waals surface area contributed by atoms with E-state index in [2.05, 4.69) is 36.9 Å². The van der Waals surface area contributed by atoms with Crippen molar-refractivity contribution in [1.82, 2.24) is 4.90 Å². The summed E-state index contributed by atoms with van der Waals surface area (Å²) in [7, 11) is 0. The first-order valence-electron chi connectivity index (χ1n) is 8.28. The van der Waals surface area contributed by atoms with E-state index in [1.165, 1.54) is 36.0 Å². The Morgan fingerprint density at radius 3 is 2.90 bits per heavy atom. The molecule has 0 bridgehead atoms. The smallest absolute Gasteiger partial charge is 0.0964 e. The number of morpholine rings is 1. The van der Waals surface area contributed by atoms with Crippen molar-refractivity contribution in [3.05, 3.63) is 34.9 Å². The van der Waals surface area contributed by atoms with Gasteiger partial charge in [-0.25, -0.2) is 0 Å². The van der Waals surface area contributed by atoms with Crippen molar-refractivity contribution in [3.8, 4) is 0 Å². The highest BCUT2D eigenvalue weighted by Crippen LogP contribution is 2.24. The molecule has 21 heavy (non-hydrogen) atoms. The van der Waals surface area contributed by atoms with Crippen molar-refractivity contribution < 1.29 is 9.84 Å². The van der Waals surface area contributed by atoms with Crippen molar-refractivity contribution in [2.75, 3.05) is 19.7 Å². The van der Waals surface area contributed by atoms with E-state index in [1.807, 2.05) is 0 Å². The molecule has 1 aromatic carbocycles. The van der Waals surface area contributed by atoms with Gasteiger partial charge in [0.05, 0.1) is 18.8 Å². The fourth-order valence-electron chi connectivity index (χ4n) is 3.52. The summed E-state index contributed by atoms with van der Waals surface area (Å²) in [5.41, 5.74) is 4.22. The second-order valence-corrected chi connectivity index (χ2v) is 6.73. The second-order valence-electron chi connectivity index (χ2n) is 6.73. The molecule has 1 aliphatic carbocycles. The third-order valence-electron chi connectivity index (χ3n) is 4.89. The van der Waals surface area contributed by atoms with Gasteiger partial charge in [0.2, 0.25) is 0 Å². The Morgan fingerprint density at radius 2 is 2.10 bits per heavy atom. The van der Waals surface area contributed by atoms with Gasteiger partial charge in [0, 0.05) is 25.6 Å². The molecular weight excluding hydrogens is 262 g/mol. The highest BCUT2D eigenvalue weighted by atomic mass is 16.5. The zero-order valence-corrected chi connectivity index (χ0v) is 13.2. The molecule has 1 aliphatic heterocycles. The molecule has 1 fully saturated rings. The zero-order chi connectivity index (χ0) is 14.8. The van der Waals surface area contributed by atoms with Gasteiger partial charge in [0.25, 0.3) is 0 Å². The van der Waals surface area contributed by atoms with E-state index in [0.29, 0.717) is 12.5 Å². The van der Waals surface area contributed by atoms with Gasteiger partial charge in [0.1, 0.15) is 0 Å². The van der Waals surface area contributed by atoms with Crippen LogP contribution in [0.5, 0.6) is 0 Å². The minimum absolute atomic E-state index is 0.0607. The summed E-state index contributed by atoms with van der Waals surface area (Å²) in [6, 6.07) is 7.22. The molecule has 1 heterocycles. The van der Waals surface area contributed by atoms with Gasteiger partial charge in [-0.3, -0.25) is 4.90 Å². The fraction of sp³-hybridized carbons (Fsp3) is 0.667. The van der Waals surface area contributed by atoms with Gasteiger partial charge in [-0.1, -0.05) is 18.2 Å². The molecule has 1 saturated heterocycles. The van der Waals surface area contributed by atoms with E-state index in [1.54, 1.807) is 0 Å². The SMILES string of the molecule is CC(C)N1CCOC(C(O)Cc2ccc3c(c2)CCC3)C1. The Kier molecular flexibility index (Phi) is 4.63. The van der Waals surface area contributed by atoms with Crippen LogP contribution in [0.4, 0.5) is 0 Å².